The first kappa shape index (κ1) is 15.3. The Hall–Kier alpha value is -2.07. The summed E-state index contributed by atoms with van der Waals surface area (Å²) in [6.07, 6.45) is -4.66. The molecule has 2 nitrogen and oxygen atoms in total. The van der Waals surface area contributed by atoms with E-state index in [9.17, 15) is 17.6 Å². The lowest BCUT2D eigenvalue weighted by molar-refractivity contribution is -0.137. The number of alkyl halides is 3. The molecular formula is C14H7BrF4N2. The Morgan fingerprint density at radius 3 is 2.43 bits per heavy atom. The third-order valence-electron chi connectivity index (χ3n) is 2.68. The highest BCUT2D eigenvalue weighted by atomic mass is 79.9. The molecule has 7 heteroatoms. The van der Waals surface area contributed by atoms with Crippen LogP contribution in [0.4, 0.5) is 28.9 Å². The molecule has 0 spiro atoms. The van der Waals surface area contributed by atoms with Gasteiger partial charge in [0.2, 0.25) is 0 Å². The average molecular weight is 359 g/mol. The van der Waals surface area contributed by atoms with Gasteiger partial charge in [-0.1, -0.05) is 6.07 Å². The van der Waals surface area contributed by atoms with Gasteiger partial charge >= 0.3 is 6.18 Å². The van der Waals surface area contributed by atoms with Gasteiger partial charge in [-0.2, -0.15) is 18.4 Å². The molecule has 2 aromatic carbocycles. The Bertz CT molecular complexity index is 700. The van der Waals surface area contributed by atoms with Crippen molar-refractivity contribution in [3.05, 3.63) is 57.8 Å². The molecular weight excluding hydrogens is 352 g/mol. The third kappa shape index (κ3) is 3.34. The van der Waals surface area contributed by atoms with Crippen molar-refractivity contribution in [1.82, 2.24) is 0 Å². The number of hydrogen-bond acceptors (Lipinski definition) is 2. The molecule has 0 saturated heterocycles. The van der Waals surface area contributed by atoms with Crippen LogP contribution < -0.4 is 5.32 Å². The van der Waals surface area contributed by atoms with E-state index in [1.807, 2.05) is 0 Å². The minimum atomic E-state index is -4.66. The summed E-state index contributed by atoms with van der Waals surface area (Å²) in [7, 11) is 0. The van der Waals surface area contributed by atoms with Crippen LogP contribution in [0.5, 0.6) is 0 Å². The minimum absolute atomic E-state index is 0.0235. The number of para-hydroxylation sites is 1. The van der Waals surface area contributed by atoms with Crippen molar-refractivity contribution in [2.24, 2.45) is 0 Å². The Morgan fingerprint density at radius 1 is 1.14 bits per heavy atom. The predicted octanol–water partition coefficient (Wildman–Crippen LogP) is 5.22. The van der Waals surface area contributed by atoms with Crippen LogP contribution in [0.1, 0.15) is 11.1 Å². The van der Waals surface area contributed by atoms with Gasteiger partial charge in [-0.15, -0.1) is 0 Å². The fraction of sp³-hybridized carbons (Fsp3) is 0.0714. The smallest absolute Gasteiger partial charge is 0.352 e. The number of nitriles is 1. The van der Waals surface area contributed by atoms with E-state index in [2.05, 4.69) is 21.2 Å². The quantitative estimate of drug-likeness (QED) is 0.746. The van der Waals surface area contributed by atoms with Crippen LogP contribution in [-0.4, -0.2) is 0 Å². The molecule has 21 heavy (non-hydrogen) atoms. The van der Waals surface area contributed by atoms with Crippen molar-refractivity contribution in [3.8, 4) is 6.07 Å². The molecule has 1 N–H and O–H groups in total. The van der Waals surface area contributed by atoms with E-state index in [1.54, 1.807) is 6.07 Å². The van der Waals surface area contributed by atoms with Crippen molar-refractivity contribution in [2.75, 3.05) is 5.32 Å². The molecule has 0 saturated carbocycles. The van der Waals surface area contributed by atoms with E-state index < -0.39 is 23.1 Å². The van der Waals surface area contributed by atoms with Crippen LogP contribution in [0.25, 0.3) is 0 Å². The molecule has 108 valence electrons. The molecule has 0 aliphatic carbocycles. The Kier molecular flexibility index (Phi) is 4.19. The van der Waals surface area contributed by atoms with Gasteiger partial charge in [0, 0.05) is 10.2 Å². The van der Waals surface area contributed by atoms with E-state index in [4.69, 9.17) is 5.26 Å². The van der Waals surface area contributed by atoms with E-state index in [0.717, 1.165) is 12.1 Å². The van der Waals surface area contributed by atoms with Gasteiger partial charge in [-0.05, 0) is 46.3 Å². The predicted molar refractivity (Wildman–Crippen MR) is 73.5 cm³/mol. The molecule has 2 rings (SSSR count). The first-order valence-electron chi connectivity index (χ1n) is 5.65. The van der Waals surface area contributed by atoms with Crippen molar-refractivity contribution >= 4 is 27.3 Å². The van der Waals surface area contributed by atoms with E-state index in [0.29, 0.717) is 4.47 Å². The zero-order valence-corrected chi connectivity index (χ0v) is 11.9. The second-order valence-electron chi connectivity index (χ2n) is 4.09. The third-order valence-corrected chi connectivity index (χ3v) is 3.34. The molecule has 0 amide bonds. The lowest BCUT2D eigenvalue weighted by Crippen LogP contribution is -2.08. The molecule has 0 atom stereocenters. The largest absolute Gasteiger partial charge is 0.417 e. The molecule has 0 aliphatic rings. The van der Waals surface area contributed by atoms with E-state index in [1.165, 1.54) is 24.3 Å². The molecule has 0 unspecified atom stereocenters. The topological polar surface area (TPSA) is 35.8 Å². The summed E-state index contributed by atoms with van der Waals surface area (Å²) < 4.78 is 52.6. The maximum Gasteiger partial charge on any atom is 0.417 e. The van der Waals surface area contributed by atoms with Crippen LogP contribution in [0, 0.1) is 17.1 Å². The number of halogens is 5. The molecule has 0 radical (unpaired) electrons. The minimum Gasteiger partial charge on any atom is -0.352 e. The van der Waals surface area contributed by atoms with Gasteiger partial charge in [0.25, 0.3) is 0 Å². The number of hydrogen-bond donors (Lipinski definition) is 1. The second-order valence-corrected chi connectivity index (χ2v) is 4.95. The number of nitrogens with one attached hydrogen (secondary N) is 1. The van der Waals surface area contributed by atoms with E-state index in [-0.39, 0.29) is 11.4 Å². The Morgan fingerprint density at radius 2 is 1.86 bits per heavy atom. The number of anilines is 2. The van der Waals surface area contributed by atoms with Gasteiger partial charge in [-0.3, -0.25) is 0 Å². The van der Waals surface area contributed by atoms with Crippen molar-refractivity contribution in [1.29, 1.82) is 5.26 Å². The number of benzene rings is 2. The molecule has 0 heterocycles. The lowest BCUT2D eigenvalue weighted by Gasteiger charge is -2.13. The molecule has 0 aromatic heterocycles. The van der Waals surface area contributed by atoms with Crippen molar-refractivity contribution in [3.63, 3.8) is 0 Å². The monoisotopic (exact) mass is 358 g/mol. The van der Waals surface area contributed by atoms with Crippen molar-refractivity contribution in [2.45, 2.75) is 6.18 Å². The van der Waals surface area contributed by atoms with Gasteiger partial charge in [0.15, 0.2) is 0 Å². The molecule has 2 aromatic rings. The SMILES string of the molecule is N#Cc1ccc(Nc2c(F)cccc2Br)cc1C(F)(F)F. The summed E-state index contributed by atoms with van der Waals surface area (Å²) in [4.78, 5) is 0. The van der Waals surface area contributed by atoms with Gasteiger partial charge < -0.3 is 5.32 Å². The van der Waals surface area contributed by atoms with Gasteiger partial charge in [0.05, 0.1) is 22.9 Å². The maximum atomic E-state index is 13.6. The summed E-state index contributed by atoms with van der Waals surface area (Å²) in [6, 6.07) is 8.79. The summed E-state index contributed by atoms with van der Waals surface area (Å²) in [6.45, 7) is 0. The zero-order valence-electron chi connectivity index (χ0n) is 10.3. The normalized spacial score (nSPS) is 11.0. The standard InChI is InChI=1S/C14H7BrF4N2/c15-11-2-1-3-12(16)13(11)21-9-5-4-8(7-20)10(6-9)14(17,18)19/h1-6,21H. The van der Waals surface area contributed by atoms with Crippen LogP contribution in [-0.2, 0) is 6.18 Å². The lowest BCUT2D eigenvalue weighted by atomic mass is 10.1. The fourth-order valence-electron chi connectivity index (χ4n) is 1.72. The van der Waals surface area contributed by atoms with Crippen LogP contribution >= 0.6 is 15.9 Å². The summed E-state index contributed by atoms with van der Waals surface area (Å²) in [5.74, 6) is -0.609. The highest BCUT2D eigenvalue weighted by Crippen LogP contribution is 2.35. The second kappa shape index (κ2) is 5.74. The summed E-state index contributed by atoms with van der Waals surface area (Å²) >= 11 is 3.11. The van der Waals surface area contributed by atoms with Crippen LogP contribution in [0.3, 0.4) is 0 Å². The average Bonchev–Trinajstić information content (AvgIpc) is 2.42. The number of nitrogens with zero attached hydrogens (tertiary/aromatic N) is 1. The zero-order chi connectivity index (χ0) is 15.6. The fourth-order valence-corrected chi connectivity index (χ4v) is 2.16. The van der Waals surface area contributed by atoms with Gasteiger partial charge in [-0.25, -0.2) is 4.39 Å². The highest BCUT2D eigenvalue weighted by molar-refractivity contribution is 9.10. The van der Waals surface area contributed by atoms with Crippen LogP contribution in [0.15, 0.2) is 40.9 Å². The Balaban J connectivity index is 2.45. The molecule has 0 fully saturated rings. The first-order chi connectivity index (χ1) is 9.82. The Labute approximate surface area is 126 Å². The van der Waals surface area contributed by atoms with Crippen molar-refractivity contribution < 1.29 is 17.6 Å². The maximum absolute atomic E-state index is 13.6. The van der Waals surface area contributed by atoms with E-state index >= 15 is 0 Å². The summed E-state index contributed by atoms with van der Waals surface area (Å²) in [5, 5.41) is 11.3. The first-order valence-corrected chi connectivity index (χ1v) is 6.44. The highest BCUT2D eigenvalue weighted by Gasteiger charge is 2.33. The van der Waals surface area contributed by atoms with Crippen LogP contribution in [0.2, 0.25) is 0 Å². The number of rotatable bonds is 2. The molecule has 0 aliphatic heterocycles. The molecule has 0 bridgehead atoms. The summed E-state index contributed by atoms with van der Waals surface area (Å²) in [5.41, 5.74) is -1.49. The van der Waals surface area contributed by atoms with Gasteiger partial charge in [0.1, 0.15) is 5.82 Å².